The number of hydrogen-bond acceptors (Lipinski definition) is 18. The molecule has 6 rings (SSSR count). The number of fused-ring (bicyclic) bond motifs is 3. The van der Waals surface area contributed by atoms with Gasteiger partial charge in [0, 0.05) is 94.4 Å². The van der Waals surface area contributed by atoms with Crippen LogP contribution in [-0.2, 0) is 84.0 Å². The Hall–Kier alpha value is -5.41. The Balaban J connectivity index is 1.17. The Morgan fingerprint density at radius 2 is 1.63 bits per heavy atom. The SMILES string of the molecule is COCCC1(C)C2=Nc3c1cc(Br)c[n+]3CCOCCC(=O)NC(C(=O)NCCOCCC(=O)ON1C(=O)CCC1=O)CCCCNC(=O)CCOCCN1/C(=C/C=C/C=C2)C(C)(CCOC)c2cc(SOO[O-])cc(C)c21. The van der Waals surface area contributed by atoms with Gasteiger partial charge in [-0.1, -0.05) is 18.2 Å². The van der Waals surface area contributed by atoms with Crippen molar-refractivity contribution < 1.29 is 76.5 Å². The zero-order valence-corrected chi connectivity index (χ0v) is 47.4. The number of hydroxylamine groups is 2. The smallest absolute Gasteiger partial charge is 0.335 e. The van der Waals surface area contributed by atoms with Crippen LogP contribution in [0.5, 0.6) is 0 Å². The molecule has 78 heavy (non-hydrogen) atoms. The first kappa shape index (κ1) is 61.8. The molecule has 5 heterocycles. The van der Waals surface area contributed by atoms with Crippen molar-refractivity contribution in [2.75, 3.05) is 91.6 Å². The first-order chi connectivity index (χ1) is 37.6. The zero-order chi connectivity index (χ0) is 56.1. The molecule has 426 valence electrons. The number of aliphatic imine (C=N–C) groups is 1. The van der Waals surface area contributed by atoms with Crippen LogP contribution in [0.15, 0.2) is 74.8 Å². The third kappa shape index (κ3) is 16.8. The van der Waals surface area contributed by atoms with E-state index < -0.39 is 40.6 Å². The van der Waals surface area contributed by atoms with Crippen molar-refractivity contribution in [3.8, 4) is 0 Å². The third-order valence-electron chi connectivity index (χ3n) is 13.9. The van der Waals surface area contributed by atoms with Gasteiger partial charge in [0.15, 0.2) is 5.71 Å². The fourth-order valence-electron chi connectivity index (χ4n) is 9.70. The van der Waals surface area contributed by atoms with Crippen molar-refractivity contribution in [1.82, 2.24) is 21.0 Å². The number of methoxy groups -OCH3 is 2. The maximum atomic E-state index is 13.5. The lowest BCUT2D eigenvalue weighted by molar-refractivity contribution is -0.777. The first-order valence-corrected chi connectivity index (χ1v) is 27.7. The van der Waals surface area contributed by atoms with Crippen LogP contribution in [0.1, 0.15) is 94.7 Å². The van der Waals surface area contributed by atoms with Gasteiger partial charge in [-0.15, -0.1) is 5.06 Å². The highest BCUT2D eigenvalue weighted by Crippen LogP contribution is 2.52. The van der Waals surface area contributed by atoms with Gasteiger partial charge >= 0.3 is 11.8 Å². The number of nitrogens with zero attached hydrogens (tertiary/aromatic N) is 4. The number of ether oxygens (including phenoxy) is 5. The first-order valence-electron chi connectivity index (χ1n) is 26.2. The summed E-state index contributed by atoms with van der Waals surface area (Å²) in [5.74, 6) is -2.19. The number of aryl methyl sites for hydroxylation is 1. The topological polar surface area (TPSA) is 258 Å². The highest BCUT2D eigenvalue weighted by molar-refractivity contribution is 9.10. The summed E-state index contributed by atoms with van der Waals surface area (Å²) < 4.78 is 36.4. The van der Waals surface area contributed by atoms with E-state index in [0.717, 1.165) is 56.1 Å². The molecule has 1 aromatic carbocycles. The maximum Gasteiger partial charge on any atom is 0.335 e. The minimum Gasteiger partial charge on any atom is -0.691 e. The molecule has 2 aromatic rings. The van der Waals surface area contributed by atoms with Gasteiger partial charge in [0.1, 0.15) is 18.8 Å². The molecule has 3 unspecified atom stereocenters. The molecule has 1 fully saturated rings. The van der Waals surface area contributed by atoms with Gasteiger partial charge in [0.2, 0.25) is 17.7 Å². The number of carbonyl (C=O) groups is 6. The molecule has 24 heteroatoms. The second kappa shape index (κ2) is 30.8. The Kier molecular flexibility index (Phi) is 24.4. The van der Waals surface area contributed by atoms with Crippen LogP contribution in [0.25, 0.3) is 0 Å². The van der Waals surface area contributed by atoms with Crippen molar-refractivity contribution in [3.63, 3.8) is 0 Å². The van der Waals surface area contributed by atoms with E-state index in [-0.39, 0.29) is 89.9 Å². The van der Waals surface area contributed by atoms with Crippen molar-refractivity contribution in [1.29, 1.82) is 0 Å². The number of hydrogen-bond donors (Lipinski definition) is 3. The molecular weight excluding hydrogens is 1100 g/mol. The predicted molar refractivity (Wildman–Crippen MR) is 287 cm³/mol. The summed E-state index contributed by atoms with van der Waals surface area (Å²) in [7, 11) is 3.35. The predicted octanol–water partition coefficient (Wildman–Crippen LogP) is 4.20. The van der Waals surface area contributed by atoms with Crippen LogP contribution in [0.4, 0.5) is 11.5 Å². The Labute approximate surface area is 467 Å². The molecule has 0 radical (unpaired) electrons. The lowest BCUT2D eigenvalue weighted by Gasteiger charge is -2.30. The van der Waals surface area contributed by atoms with E-state index >= 15 is 0 Å². The van der Waals surface area contributed by atoms with E-state index in [4.69, 9.17) is 37.8 Å². The number of aromatic nitrogens is 1. The Bertz CT molecular complexity index is 2570. The zero-order valence-electron chi connectivity index (χ0n) is 45.0. The second-order valence-electron chi connectivity index (χ2n) is 19.4. The van der Waals surface area contributed by atoms with Crippen LogP contribution in [0.2, 0.25) is 0 Å². The minimum atomic E-state index is -0.899. The number of pyridine rings is 1. The van der Waals surface area contributed by atoms with Gasteiger partial charge in [0.25, 0.3) is 11.8 Å². The molecule has 22 nitrogen and oxygen atoms in total. The van der Waals surface area contributed by atoms with Crippen molar-refractivity contribution in [2.45, 2.75) is 113 Å². The number of carbonyl (C=O) groups excluding carboxylic acids is 6. The van der Waals surface area contributed by atoms with Crippen LogP contribution >= 0.6 is 28.0 Å². The Morgan fingerprint density at radius 3 is 2.37 bits per heavy atom. The normalized spacial score (nSPS) is 23.1. The van der Waals surface area contributed by atoms with Crippen LogP contribution in [-0.4, -0.2) is 139 Å². The van der Waals surface area contributed by atoms with Gasteiger partial charge in [-0.05, 0) is 115 Å². The number of nitrogens with one attached hydrogen (secondary N) is 3. The van der Waals surface area contributed by atoms with Gasteiger partial charge in [-0.25, -0.2) is 9.36 Å². The quantitative estimate of drug-likeness (QED) is 0.0501. The molecule has 2 bridgehead atoms. The lowest BCUT2D eigenvalue weighted by atomic mass is 9.77. The summed E-state index contributed by atoms with van der Waals surface area (Å²) in [6.45, 7) is 9.43. The van der Waals surface area contributed by atoms with Crippen molar-refractivity contribution >= 4 is 80.7 Å². The van der Waals surface area contributed by atoms with Crippen LogP contribution < -0.4 is 30.7 Å². The number of allylic oxidation sites excluding steroid dienone is 6. The average Bonchev–Trinajstić information content (AvgIpc) is 4.21. The van der Waals surface area contributed by atoms with E-state index in [0.29, 0.717) is 75.1 Å². The summed E-state index contributed by atoms with van der Waals surface area (Å²) in [5, 5.41) is 23.5. The number of halogens is 1. The number of benzene rings is 1. The fraction of sp³-hybridized carbons (Fsp3) is 0.556. The minimum absolute atomic E-state index is 0.00470. The summed E-state index contributed by atoms with van der Waals surface area (Å²) in [5.41, 5.74) is 4.83. The van der Waals surface area contributed by atoms with E-state index in [2.05, 4.69) is 67.8 Å². The maximum absolute atomic E-state index is 13.5. The van der Waals surface area contributed by atoms with E-state index in [9.17, 15) is 34.0 Å². The third-order valence-corrected chi connectivity index (χ3v) is 14.9. The summed E-state index contributed by atoms with van der Waals surface area (Å²) in [4.78, 5) is 88.3. The average molecular weight is 1170 g/mol. The molecule has 3 N–H and O–H groups in total. The monoisotopic (exact) mass is 1170 g/mol. The molecule has 3 atom stereocenters. The molecule has 1 aromatic heterocycles. The van der Waals surface area contributed by atoms with E-state index in [1.165, 1.54) is 0 Å². The molecule has 1 saturated heterocycles. The molecule has 0 spiro atoms. The highest BCUT2D eigenvalue weighted by atomic mass is 79.9. The Morgan fingerprint density at radius 1 is 0.897 bits per heavy atom. The van der Waals surface area contributed by atoms with Crippen LogP contribution in [0.3, 0.4) is 0 Å². The molecular formula is C54H72BrN7O15S. The largest absolute Gasteiger partial charge is 0.691 e. The van der Waals surface area contributed by atoms with E-state index in [1.54, 1.807) is 14.2 Å². The highest BCUT2D eigenvalue weighted by Gasteiger charge is 2.47. The van der Waals surface area contributed by atoms with E-state index in [1.807, 2.05) is 54.1 Å². The number of rotatable bonds is 17. The van der Waals surface area contributed by atoms with Crippen molar-refractivity contribution in [3.05, 3.63) is 81.6 Å². The summed E-state index contributed by atoms with van der Waals surface area (Å²) >= 11 is 4.57. The van der Waals surface area contributed by atoms with Crippen LogP contribution in [0, 0.1) is 6.92 Å². The fourth-order valence-corrected chi connectivity index (χ4v) is 10.7. The van der Waals surface area contributed by atoms with Gasteiger partial charge in [-0.2, -0.15) is 4.33 Å². The summed E-state index contributed by atoms with van der Waals surface area (Å²) in [6, 6.07) is 5.13. The lowest BCUT2D eigenvalue weighted by Crippen LogP contribution is -2.47. The van der Waals surface area contributed by atoms with Gasteiger partial charge in [0.05, 0.1) is 73.6 Å². The number of imide groups is 1. The van der Waals surface area contributed by atoms with Gasteiger partial charge < -0.3 is 54.6 Å². The standard InChI is InChI=1S/C54H72BrN7O15S/c1-37-33-39(78-77-76-69)35-40-50(37)61-24-32-74-25-16-45(63)56-21-10-9-11-42(52(68)57-22-30-72-27-18-49(67)75-62-47(65)14-15-48(62)66)58-46(64)17-26-73-31-23-60-36-38(55)34-41-51(60)59-43(53(41,2)19-28-70-4)12-7-6-8-13-44(61)54(40,3)20-29-71-5/h6-8,12-13,33-36,42H,9-11,14-32H2,1-5H3,(H3-,56,57,58,63,64,68,69). The van der Waals surface area contributed by atoms with Gasteiger partial charge in [-0.3, -0.25) is 29.0 Å². The summed E-state index contributed by atoms with van der Waals surface area (Å²) in [6.07, 6.45) is 14.5. The molecule has 5 amide bonds. The molecule has 0 aliphatic carbocycles. The molecule has 4 aliphatic heterocycles. The number of amides is 5. The molecule has 0 saturated carbocycles. The van der Waals surface area contributed by atoms with Crippen molar-refractivity contribution in [2.24, 2.45) is 4.99 Å². The second-order valence-corrected chi connectivity index (χ2v) is 21.1. The number of anilines is 1. The molecule has 4 aliphatic rings.